The molecule has 6 heteroatoms. The van der Waals surface area contributed by atoms with Gasteiger partial charge in [-0.1, -0.05) is 18.2 Å². The van der Waals surface area contributed by atoms with E-state index in [1.165, 1.54) is 12.8 Å². The number of amides is 1. The Balaban J connectivity index is 1.54. The molecule has 2 fully saturated rings. The molecule has 3 aromatic rings. The van der Waals surface area contributed by atoms with Crippen LogP contribution in [0, 0.1) is 5.92 Å². The van der Waals surface area contributed by atoms with E-state index < -0.39 is 0 Å². The van der Waals surface area contributed by atoms with Crippen LogP contribution in [0.15, 0.2) is 60.7 Å². The maximum atomic E-state index is 13.4. The van der Waals surface area contributed by atoms with Crippen LogP contribution in [-0.2, 0) is 4.74 Å². The SMILES string of the molecule is COc1ccc(-c2cc(C(=O)N3CCOCC3C3CC3)nn2-c2ccccc2)cc1. The molecule has 0 spiro atoms. The monoisotopic (exact) mass is 403 g/mol. The van der Waals surface area contributed by atoms with E-state index in [1.54, 1.807) is 7.11 Å². The molecular weight excluding hydrogens is 378 g/mol. The number of hydrogen-bond acceptors (Lipinski definition) is 4. The molecule has 154 valence electrons. The molecule has 6 nitrogen and oxygen atoms in total. The van der Waals surface area contributed by atoms with E-state index in [0.717, 1.165) is 22.7 Å². The predicted molar refractivity (Wildman–Crippen MR) is 114 cm³/mol. The number of para-hydroxylation sites is 1. The molecule has 0 N–H and O–H groups in total. The van der Waals surface area contributed by atoms with Gasteiger partial charge >= 0.3 is 0 Å². The van der Waals surface area contributed by atoms with Crippen molar-refractivity contribution in [2.75, 3.05) is 26.9 Å². The average molecular weight is 403 g/mol. The van der Waals surface area contributed by atoms with E-state index in [2.05, 4.69) is 0 Å². The first-order valence-corrected chi connectivity index (χ1v) is 10.4. The zero-order valence-electron chi connectivity index (χ0n) is 17.0. The average Bonchev–Trinajstić information content (AvgIpc) is 3.57. The van der Waals surface area contributed by atoms with Gasteiger partial charge in [0.25, 0.3) is 5.91 Å². The van der Waals surface area contributed by atoms with Crippen LogP contribution in [0.2, 0.25) is 0 Å². The van der Waals surface area contributed by atoms with Crippen molar-refractivity contribution < 1.29 is 14.3 Å². The van der Waals surface area contributed by atoms with E-state index in [-0.39, 0.29) is 11.9 Å². The number of hydrogen-bond donors (Lipinski definition) is 0. The lowest BCUT2D eigenvalue weighted by Gasteiger charge is -2.35. The lowest BCUT2D eigenvalue weighted by molar-refractivity contribution is -0.00865. The minimum Gasteiger partial charge on any atom is -0.497 e. The molecule has 1 amide bonds. The van der Waals surface area contributed by atoms with E-state index in [9.17, 15) is 4.79 Å². The minimum atomic E-state index is -0.0142. The highest BCUT2D eigenvalue weighted by Crippen LogP contribution is 2.37. The Morgan fingerprint density at radius 3 is 2.57 bits per heavy atom. The molecule has 2 aromatic carbocycles. The summed E-state index contributed by atoms with van der Waals surface area (Å²) in [6.07, 6.45) is 2.35. The molecule has 1 unspecified atom stereocenters. The first-order chi connectivity index (χ1) is 14.7. The summed E-state index contributed by atoms with van der Waals surface area (Å²) in [7, 11) is 1.65. The number of carbonyl (C=O) groups is 1. The van der Waals surface area contributed by atoms with Crippen LogP contribution in [0.25, 0.3) is 16.9 Å². The van der Waals surface area contributed by atoms with Gasteiger partial charge in [-0.05, 0) is 61.2 Å². The number of benzene rings is 2. The number of aromatic nitrogens is 2. The van der Waals surface area contributed by atoms with Crippen LogP contribution in [0.3, 0.4) is 0 Å². The summed E-state index contributed by atoms with van der Waals surface area (Å²) in [5.41, 5.74) is 3.25. The lowest BCUT2D eigenvalue weighted by Crippen LogP contribution is -2.50. The number of carbonyl (C=O) groups excluding carboxylic acids is 1. The maximum Gasteiger partial charge on any atom is 0.274 e. The van der Waals surface area contributed by atoms with Crippen molar-refractivity contribution in [1.82, 2.24) is 14.7 Å². The molecule has 1 saturated heterocycles. The van der Waals surface area contributed by atoms with Crippen molar-refractivity contribution in [3.8, 4) is 22.7 Å². The van der Waals surface area contributed by atoms with Crippen LogP contribution < -0.4 is 4.74 Å². The van der Waals surface area contributed by atoms with Crippen molar-refractivity contribution in [3.05, 3.63) is 66.4 Å². The van der Waals surface area contributed by atoms with Gasteiger partial charge in [-0.15, -0.1) is 0 Å². The summed E-state index contributed by atoms with van der Waals surface area (Å²) in [5.74, 6) is 1.34. The Kier molecular flexibility index (Phi) is 5.01. The van der Waals surface area contributed by atoms with Gasteiger partial charge < -0.3 is 14.4 Å². The normalized spacial score (nSPS) is 19.0. The smallest absolute Gasteiger partial charge is 0.274 e. The van der Waals surface area contributed by atoms with Gasteiger partial charge in [-0.3, -0.25) is 4.79 Å². The van der Waals surface area contributed by atoms with Crippen molar-refractivity contribution in [2.45, 2.75) is 18.9 Å². The van der Waals surface area contributed by atoms with Gasteiger partial charge in [0, 0.05) is 12.1 Å². The topological polar surface area (TPSA) is 56.6 Å². The largest absolute Gasteiger partial charge is 0.497 e. The van der Waals surface area contributed by atoms with Crippen LogP contribution in [0.4, 0.5) is 0 Å². The van der Waals surface area contributed by atoms with Gasteiger partial charge in [0.2, 0.25) is 0 Å². The number of methoxy groups -OCH3 is 1. The summed E-state index contributed by atoms with van der Waals surface area (Å²) in [5, 5.41) is 4.74. The Bertz CT molecular complexity index is 1030. The van der Waals surface area contributed by atoms with Crippen LogP contribution in [-0.4, -0.2) is 53.5 Å². The molecule has 2 aliphatic rings. The molecule has 5 rings (SSSR count). The Morgan fingerprint density at radius 2 is 1.87 bits per heavy atom. The van der Waals surface area contributed by atoms with E-state index in [0.29, 0.717) is 31.4 Å². The lowest BCUT2D eigenvalue weighted by atomic mass is 10.1. The summed E-state index contributed by atoms with van der Waals surface area (Å²) in [6.45, 7) is 1.83. The summed E-state index contributed by atoms with van der Waals surface area (Å²) < 4.78 is 12.8. The molecule has 30 heavy (non-hydrogen) atoms. The van der Waals surface area contributed by atoms with Gasteiger partial charge in [0.1, 0.15) is 5.75 Å². The highest BCUT2D eigenvalue weighted by atomic mass is 16.5. The third-order valence-corrected chi connectivity index (χ3v) is 5.91. The second-order valence-corrected chi connectivity index (χ2v) is 7.87. The fourth-order valence-corrected chi connectivity index (χ4v) is 4.11. The van der Waals surface area contributed by atoms with Crippen molar-refractivity contribution in [3.63, 3.8) is 0 Å². The molecule has 1 atom stereocenters. The van der Waals surface area contributed by atoms with Gasteiger partial charge in [0.15, 0.2) is 5.69 Å². The number of morpholine rings is 1. The van der Waals surface area contributed by atoms with E-state index >= 15 is 0 Å². The molecule has 0 radical (unpaired) electrons. The zero-order valence-corrected chi connectivity index (χ0v) is 17.0. The van der Waals surface area contributed by atoms with Crippen molar-refractivity contribution in [2.24, 2.45) is 5.92 Å². The Morgan fingerprint density at radius 1 is 1.10 bits per heavy atom. The molecular formula is C24H25N3O3. The number of rotatable bonds is 5. The summed E-state index contributed by atoms with van der Waals surface area (Å²) in [6, 6.07) is 19.8. The summed E-state index contributed by atoms with van der Waals surface area (Å²) in [4.78, 5) is 15.4. The predicted octanol–water partition coefficient (Wildman–Crippen LogP) is 3.80. The second kappa shape index (κ2) is 7.95. The highest BCUT2D eigenvalue weighted by molar-refractivity contribution is 5.94. The first-order valence-electron chi connectivity index (χ1n) is 10.4. The molecule has 1 aliphatic carbocycles. The fourth-order valence-electron chi connectivity index (χ4n) is 4.11. The quantitative estimate of drug-likeness (QED) is 0.650. The number of nitrogens with zero attached hydrogens (tertiary/aromatic N) is 3. The molecule has 1 saturated carbocycles. The fraction of sp³-hybridized carbons (Fsp3) is 0.333. The highest BCUT2D eigenvalue weighted by Gasteiger charge is 2.40. The molecule has 2 heterocycles. The van der Waals surface area contributed by atoms with Crippen LogP contribution >= 0.6 is 0 Å². The Hall–Kier alpha value is -3.12. The number of ether oxygens (including phenoxy) is 2. The van der Waals surface area contributed by atoms with E-state index in [1.807, 2.05) is 70.2 Å². The van der Waals surface area contributed by atoms with Crippen LogP contribution in [0.5, 0.6) is 5.75 Å². The van der Waals surface area contributed by atoms with Gasteiger partial charge in [-0.25, -0.2) is 4.68 Å². The summed E-state index contributed by atoms with van der Waals surface area (Å²) >= 11 is 0. The standard InChI is InChI=1S/C24H25N3O3/c1-29-20-11-9-17(10-12-20)22-15-21(25-27(22)19-5-3-2-4-6-19)24(28)26-13-14-30-16-23(26)18-7-8-18/h2-6,9-12,15,18,23H,7-8,13-14,16H2,1H3. The second-order valence-electron chi connectivity index (χ2n) is 7.87. The van der Waals surface area contributed by atoms with Gasteiger partial charge in [-0.2, -0.15) is 5.10 Å². The third kappa shape index (κ3) is 3.59. The minimum absolute atomic E-state index is 0.0142. The van der Waals surface area contributed by atoms with Crippen molar-refractivity contribution in [1.29, 1.82) is 0 Å². The molecule has 0 bridgehead atoms. The van der Waals surface area contributed by atoms with Crippen molar-refractivity contribution >= 4 is 5.91 Å². The Labute approximate surface area is 176 Å². The first kappa shape index (κ1) is 18.9. The van der Waals surface area contributed by atoms with E-state index in [4.69, 9.17) is 14.6 Å². The van der Waals surface area contributed by atoms with Gasteiger partial charge in [0.05, 0.1) is 37.7 Å². The zero-order chi connectivity index (χ0) is 20.5. The third-order valence-electron chi connectivity index (χ3n) is 5.91. The molecule has 1 aliphatic heterocycles. The van der Waals surface area contributed by atoms with Crippen LogP contribution in [0.1, 0.15) is 23.3 Å². The maximum absolute atomic E-state index is 13.4. The molecule has 1 aromatic heterocycles.